The molecule has 5 aromatic rings. The minimum atomic E-state index is -0.688. The van der Waals surface area contributed by atoms with Gasteiger partial charge in [-0.2, -0.15) is 0 Å². The lowest BCUT2D eigenvalue weighted by molar-refractivity contribution is -0.135. The third-order valence-corrected chi connectivity index (χ3v) is 15.3. The van der Waals surface area contributed by atoms with Crippen LogP contribution in [0, 0.1) is 22.7 Å². The van der Waals surface area contributed by atoms with Gasteiger partial charge in [0.2, 0.25) is 5.91 Å². The minimum absolute atomic E-state index is 0.0164. The van der Waals surface area contributed by atoms with E-state index in [2.05, 4.69) is 61.9 Å². The standard InChI is InChI=1S/C47H59N9O5S/c1-25(2)37(53-45(58)60-5)41(48)55-19-9-11-35(55)42-49-31-15-13-27(21-33(31)51-42)39-29-23-47(17-7-8-18-47)24-30(29)40(62-39)28-14-16-32-34(22-28)52-43(50-32)36-12-10-20-56(36)44(57)38(26(3)4)54-46(59)61-6/h13-16,21-22,25-26,35-38,48H,7-12,17-20,23-24H2,1-6H3,(H,49,51)(H,50,52)(H,53,58)(H,54,59). The largest absolute Gasteiger partial charge is 0.453 e. The number of hydrogen-bond acceptors (Lipinski definition) is 9. The Morgan fingerprint density at radius 2 is 1.23 bits per heavy atom. The summed E-state index contributed by atoms with van der Waals surface area (Å²) >= 11 is 1.88. The van der Waals surface area contributed by atoms with Crippen molar-refractivity contribution >= 4 is 57.3 Å². The molecule has 14 nitrogen and oxygen atoms in total. The van der Waals surface area contributed by atoms with Gasteiger partial charge in [0, 0.05) is 22.8 Å². The Labute approximate surface area is 366 Å². The van der Waals surface area contributed by atoms with Crippen molar-refractivity contribution in [3.8, 4) is 20.9 Å². The van der Waals surface area contributed by atoms with E-state index in [9.17, 15) is 14.4 Å². The average Bonchev–Trinajstić information content (AvgIpc) is 4.12. The molecule has 9 rings (SSSR count). The predicted octanol–water partition coefficient (Wildman–Crippen LogP) is 9.03. The molecule has 328 valence electrons. The average molecular weight is 862 g/mol. The molecule has 15 heteroatoms. The second-order valence-corrected chi connectivity index (χ2v) is 19.6. The number of benzene rings is 2. The van der Waals surface area contributed by atoms with Crippen LogP contribution in [0.3, 0.4) is 0 Å². The number of likely N-dealkylation sites (tertiary alicyclic amines) is 2. The number of amidine groups is 1. The summed E-state index contributed by atoms with van der Waals surface area (Å²) in [7, 11) is 2.66. The smallest absolute Gasteiger partial charge is 0.407 e. The summed E-state index contributed by atoms with van der Waals surface area (Å²) in [5.41, 5.74) is 9.33. The van der Waals surface area contributed by atoms with Gasteiger partial charge in [0.25, 0.3) is 0 Å². The molecule has 1 saturated carbocycles. The summed E-state index contributed by atoms with van der Waals surface area (Å²) in [6, 6.07) is 11.7. The van der Waals surface area contributed by atoms with Crippen LogP contribution in [0.5, 0.6) is 0 Å². The maximum Gasteiger partial charge on any atom is 0.407 e. The van der Waals surface area contributed by atoms with Crippen LogP contribution < -0.4 is 10.6 Å². The lowest BCUT2D eigenvalue weighted by atomic mass is 9.83. The summed E-state index contributed by atoms with van der Waals surface area (Å²) < 4.78 is 9.71. The van der Waals surface area contributed by atoms with Crippen molar-refractivity contribution in [3.63, 3.8) is 0 Å². The molecule has 3 fully saturated rings. The third-order valence-electron chi connectivity index (χ3n) is 13.9. The Hall–Kier alpha value is -5.44. The third kappa shape index (κ3) is 7.59. The highest BCUT2D eigenvalue weighted by Gasteiger charge is 2.43. The zero-order valence-corrected chi connectivity index (χ0v) is 37.5. The second kappa shape index (κ2) is 16.7. The van der Waals surface area contributed by atoms with Crippen LogP contribution in [-0.4, -0.2) is 93.1 Å². The van der Waals surface area contributed by atoms with Gasteiger partial charge in [-0.25, -0.2) is 19.6 Å². The van der Waals surface area contributed by atoms with Crippen LogP contribution in [0.2, 0.25) is 0 Å². The SMILES string of the molecule is COC(=O)NC(C(=N)N1CCCC1c1nc2ccc(-c3sc(-c4ccc5nc(C6CCCN6C(=O)C(NC(=O)OC)C(C)C)[nH]c5c4)c4c3CC3(CCCC3)C4)cc2[nH]1)C(C)C. The molecule has 2 aliphatic heterocycles. The molecule has 4 aliphatic rings. The number of aromatic amines is 2. The fourth-order valence-corrected chi connectivity index (χ4v) is 12.1. The van der Waals surface area contributed by atoms with Crippen LogP contribution in [0.15, 0.2) is 36.4 Å². The molecule has 62 heavy (non-hydrogen) atoms. The normalized spacial score (nSPS) is 20.5. The van der Waals surface area contributed by atoms with E-state index in [1.165, 1.54) is 71.9 Å². The van der Waals surface area contributed by atoms with Crippen LogP contribution in [0.25, 0.3) is 42.9 Å². The number of fused-ring (bicyclic) bond motifs is 3. The number of nitrogens with one attached hydrogen (secondary N) is 5. The van der Waals surface area contributed by atoms with E-state index in [-0.39, 0.29) is 29.8 Å². The monoisotopic (exact) mass is 861 g/mol. The van der Waals surface area contributed by atoms with Gasteiger partial charge in [0.05, 0.1) is 54.4 Å². The van der Waals surface area contributed by atoms with Gasteiger partial charge >= 0.3 is 12.2 Å². The van der Waals surface area contributed by atoms with Crippen molar-refractivity contribution in [2.75, 3.05) is 27.3 Å². The van der Waals surface area contributed by atoms with Crippen molar-refractivity contribution in [1.82, 2.24) is 40.4 Å². The van der Waals surface area contributed by atoms with Crippen molar-refractivity contribution in [2.45, 2.75) is 116 Å². The highest BCUT2D eigenvalue weighted by atomic mass is 32.1. The Morgan fingerprint density at radius 1 is 0.742 bits per heavy atom. The van der Waals surface area contributed by atoms with Gasteiger partial charge in [-0.1, -0.05) is 52.7 Å². The predicted molar refractivity (Wildman–Crippen MR) is 241 cm³/mol. The van der Waals surface area contributed by atoms with Crippen LogP contribution in [0.1, 0.15) is 114 Å². The Balaban J connectivity index is 1.02. The van der Waals surface area contributed by atoms with Crippen LogP contribution in [0.4, 0.5) is 9.59 Å². The number of nitrogens with zero attached hydrogens (tertiary/aromatic N) is 4. The number of rotatable bonds is 10. The van der Waals surface area contributed by atoms with Gasteiger partial charge in [0.15, 0.2) is 0 Å². The van der Waals surface area contributed by atoms with E-state index in [0.29, 0.717) is 17.8 Å². The molecule has 5 heterocycles. The Bertz CT molecular complexity index is 2370. The number of carbonyl (C=O) groups excluding carboxylic acids is 3. The number of hydrogen-bond donors (Lipinski definition) is 5. The summed E-state index contributed by atoms with van der Waals surface area (Å²) in [6.45, 7) is 9.19. The zero-order valence-electron chi connectivity index (χ0n) is 36.7. The highest BCUT2D eigenvalue weighted by molar-refractivity contribution is 7.19. The first-order valence-electron chi connectivity index (χ1n) is 22.4. The van der Waals surface area contributed by atoms with Crippen LogP contribution in [-0.2, 0) is 27.1 Å². The fourth-order valence-electron chi connectivity index (χ4n) is 10.7. The summed E-state index contributed by atoms with van der Waals surface area (Å²) in [6.07, 6.45) is 9.60. The molecule has 2 aromatic carbocycles. The second-order valence-electron chi connectivity index (χ2n) is 18.6. The molecule has 4 atom stereocenters. The number of ether oxygens (including phenoxy) is 2. The summed E-state index contributed by atoms with van der Waals surface area (Å²) in [5.74, 6) is 1.79. The molecule has 4 unspecified atom stereocenters. The van der Waals surface area contributed by atoms with Crippen LogP contribution >= 0.6 is 11.3 Å². The van der Waals surface area contributed by atoms with Crippen molar-refractivity contribution in [3.05, 3.63) is 59.2 Å². The summed E-state index contributed by atoms with van der Waals surface area (Å²) in [5, 5.41) is 14.8. The van der Waals surface area contributed by atoms with Gasteiger partial charge < -0.3 is 39.9 Å². The number of alkyl carbamates (subject to hydrolysis) is 2. The molecular weight excluding hydrogens is 803 g/mol. The van der Waals surface area contributed by atoms with Crippen molar-refractivity contribution in [2.24, 2.45) is 17.3 Å². The van der Waals surface area contributed by atoms with E-state index >= 15 is 0 Å². The number of H-pyrrole nitrogens is 2. The lowest BCUT2D eigenvalue weighted by Gasteiger charge is -2.32. The summed E-state index contributed by atoms with van der Waals surface area (Å²) in [4.78, 5) is 62.1. The van der Waals surface area contributed by atoms with E-state index in [0.717, 1.165) is 78.8 Å². The molecular formula is C47H59N9O5S. The number of imidazole rings is 2. The first-order chi connectivity index (χ1) is 29.9. The molecule has 3 aromatic heterocycles. The van der Waals surface area contributed by atoms with Gasteiger partial charge in [0.1, 0.15) is 23.5 Å². The highest BCUT2D eigenvalue weighted by Crippen LogP contribution is 2.56. The van der Waals surface area contributed by atoms with E-state index in [1.54, 1.807) is 0 Å². The number of methoxy groups -OCH3 is 2. The number of carbonyl (C=O) groups is 3. The number of aromatic nitrogens is 4. The maximum atomic E-state index is 13.8. The first kappa shape index (κ1) is 41.9. The van der Waals surface area contributed by atoms with Crippen molar-refractivity contribution < 1.29 is 23.9 Å². The van der Waals surface area contributed by atoms with Gasteiger partial charge in [-0.15, -0.1) is 11.3 Å². The van der Waals surface area contributed by atoms with Gasteiger partial charge in [-0.3, -0.25) is 10.2 Å². The molecule has 2 saturated heterocycles. The Kier molecular flexibility index (Phi) is 11.3. The first-order valence-corrected chi connectivity index (χ1v) is 23.2. The van der Waals surface area contributed by atoms with Gasteiger partial charge in [-0.05, 0) is 115 Å². The molecule has 5 N–H and O–H groups in total. The topological polar surface area (TPSA) is 181 Å². The number of amides is 3. The minimum Gasteiger partial charge on any atom is -0.453 e. The zero-order chi connectivity index (χ0) is 43.4. The molecule has 1 spiro atoms. The molecule has 2 aliphatic carbocycles. The quantitative estimate of drug-likeness (QED) is 0.0681. The molecule has 0 radical (unpaired) electrons. The van der Waals surface area contributed by atoms with E-state index in [1.807, 2.05) is 43.9 Å². The Morgan fingerprint density at radius 3 is 1.73 bits per heavy atom. The van der Waals surface area contributed by atoms with Crippen molar-refractivity contribution in [1.29, 1.82) is 5.41 Å². The maximum absolute atomic E-state index is 13.8. The molecule has 0 bridgehead atoms. The fraction of sp³-hybridized carbons (Fsp3) is 0.532. The lowest BCUT2D eigenvalue weighted by Crippen LogP contribution is -2.51. The van der Waals surface area contributed by atoms with E-state index < -0.39 is 24.3 Å². The number of thiophene rings is 1. The van der Waals surface area contributed by atoms with E-state index in [4.69, 9.17) is 24.9 Å². The molecule has 3 amide bonds.